The second-order valence-electron chi connectivity index (χ2n) is 6.32. The lowest BCUT2D eigenvalue weighted by Crippen LogP contribution is -2.41. The summed E-state index contributed by atoms with van der Waals surface area (Å²) in [5.41, 5.74) is 2.96. The molecule has 3 rings (SSSR count). The van der Waals surface area contributed by atoms with Gasteiger partial charge in [0.05, 0.1) is 19.6 Å². The van der Waals surface area contributed by atoms with Crippen molar-refractivity contribution in [3.8, 4) is 17.2 Å². The molecule has 2 aromatic rings. The predicted molar refractivity (Wildman–Crippen MR) is 118 cm³/mol. The molecule has 0 bridgehead atoms. The van der Waals surface area contributed by atoms with Crippen molar-refractivity contribution in [1.82, 2.24) is 4.90 Å². The molecule has 1 amide bonds. The summed E-state index contributed by atoms with van der Waals surface area (Å²) < 4.78 is 11.2. The second-order valence-corrected chi connectivity index (χ2v) is 6.32. The summed E-state index contributed by atoms with van der Waals surface area (Å²) in [4.78, 5) is 14.3. The van der Waals surface area contributed by atoms with Crippen LogP contribution >= 0.6 is 0 Å². The molecule has 0 aliphatic carbocycles. The van der Waals surface area contributed by atoms with Crippen molar-refractivity contribution < 1.29 is 19.4 Å². The van der Waals surface area contributed by atoms with Crippen LogP contribution in [0.15, 0.2) is 36.4 Å². The van der Waals surface area contributed by atoms with Crippen LogP contribution in [0.4, 0.5) is 0 Å². The number of carbonyl (C=O) groups excluding carboxylic acids is 1. The van der Waals surface area contributed by atoms with Crippen molar-refractivity contribution >= 4 is 5.91 Å². The van der Waals surface area contributed by atoms with Crippen molar-refractivity contribution in [3.63, 3.8) is 0 Å². The van der Waals surface area contributed by atoms with E-state index in [0.717, 1.165) is 22.4 Å². The maximum absolute atomic E-state index is 12.4. The summed E-state index contributed by atoms with van der Waals surface area (Å²) in [7, 11) is 0. The molecule has 1 heterocycles. The smallest absolute Gasteiger partial charge is 0.227 e. The van der Waals surface area contributed by atoms with Gasteiger partial charge in [0.25, 0.3) is 0 Å². The third-order valence-corrected chi connectivity index (χ3v) is 4.30. The van der Waals surface area contributed by atoms with Crippen molar-refractivity contribution in [2.24, 2.45) is 0 Å². The van der Waals surface area contributed by atoms with Gasteiger partial charge in [0.2, 0.25) is 5.91 Å². The number of phenols is 1. The minimum Gasteiger partial charge on any atom is -0.508 e. The molecular weight excluding hydrogens is 366 g/mol. The summed E-state index contributed by atoms with van der Waals surface area (Å²) in [6, 6.07) is 10.6. The molecule has 2 aromatic carbocycles. The summed E-state index contributed by atoms with van der Waals surface area (Å²) in [6.07, 6.45) is 0.390. The van der Waals surface area contributed by atoms with Crippen LogP contribution in [-0.4, -0.2) is 42.2 Å². The van der Waals surface area contributed by atoms with E-state index in [2.05, 4.69) is 0 Å². The number of phenolic OH excluding ortho intramolecular Hbond substituents is 1. The van der Waals surface area contributed by atoms with Crippen LogP contribution in [0.5, 0.6) is 17.2 Å². The van der Waals surface area contributed by atoms with Gasteiger partial charge < -0.3 is 19.5 Å². The zero-order chi connectivity index (χ0) is 21.8. The Balaban J connectivity index is 0.000000989. The van der Waals surface area contributed by atoms with E-state index < -0.39 is 0 Å². The van der Waals surface area contributed by atoms with Gasteiger partial charge in [-0.25, -0.2) is 0 Å². The number of ether oxygens (including phenoxy) is 2. The normalized spacial score (nSPS) is 12.8. The number of carbonyl (C=O) groups is 1. The number of nitrogens with zero attached hydrogens (tertiary/aromatic N) is 1. The average Bonchev–Trinajstić information content (AvgIpc) is 2.75. The monoisotopic (exact) mass is 401 g/mol. The summed E-state index contributed by atoms with van der Waals surface area (Å²) in [6.45, 7) is 14.5. The zero-order valence-electron chi connectivity index (χ0n) is 18.6. The summed E-state index contributed by atoms with van der Waals surface area (Å²) in [5, 5.41) is 9.36. The lowest BCUT2D eigenvalue weighted by atomic mass is 10.0. The molecule has 0 saturated carbocycles. The molecule has 160 valence electrons. The minimum absolute atomic E-state index is 0.134. The van der Waals surface area contributed by atoms with E-state index in [-0.39, 0.29) is 11.7 Å². The van der Waals surface area contributed by atoms with E-state index in [0.29, 0.717) is 38.5 Å². The first-order chi connectivity index (χ1) is 14.0. The molecule has 1 aliphatic heterocycles. The molecule has 1 saturated heterocycles. The molecule has 0 unspecified atom stereocenters. The molecule has 1 fully saturated rings. The van der Waals surface area contributed by atoms with Crippen molar-refractivity contribution in [2.45, 2.75) is 48.0 Å². The molecule has 0 atom stereocenters. The molecule has 0 aromatic heterocycles. The number of benzene rings is 2. The van der Waals surface area contributed by atoms with E-state index in [4.69, 9.17) is 9.47 Å². The highest BCUT2D eigenvalue weighted by Crippen LogP contribution is 2.31. The van der Waals surface area contributed by atoms with Crippen molar-refractivity contribution in [1.29, 1.82) is 0 Å². The number of aromatic hydroxyl groups is 1. The van der Waals surface area contributed by atoms with Gasteiger partial charge in [-0.3, -0.25) is 4.79 Å². The standard InChI is InChI=1S/C20H23NO4.2C2H6/c1-14-11-16(13-19(23)21-7-9-24-10-8-21)12-15(2)20(14)25-18-5-3-17(22)4-6-18;2*1-2/h3-6,11-12,22H,7-10,13H2,1-2H3;2*1-2H3. The second kappa shape index (κ2) is 12.8. The molecule has 5 nitrogen and oxygen atoms in total. The Morgan fingerprint density at radius 2 is 1.52 bits per heavy atom. The van der Waals surface area contributed by atoms with Gasteiger partial charge in [-0.15, -0.1) is 0 Å². The fraction of sp³-hybridized carbons (Fsp3) is 0.458. The van der Waals surface area contributed by atoms with Crippen molar-refractivity contribution in [3.05, 3.63) is 53.1 Å². The Bertz CT molecular complexity index is 727. The fourth-order valence-corrected chi connectivity index (χ4v) is 3.03. The quantitative estimate of drug-likeness (QED) is 0.760. The Kier molecular flexibility index (Phi) is 10.8. The Morgan fingerprint density at radius 3 is 2.03 bits per heavy atom. The highest BCUT2D eigenvalue weighted by Gasteiger charge is 2.18. The maximum atomic E-state index is 12.4. The lowest BCUT2D eigenvalue weighted by Gasteiger charge is -2.27. The molecule has 5 heteroatoms. The Labute approximate surface area is 175 Å². The van der Waals surface area contributed by atoms with Gasteiger partial charge in [0, 0.05) is 13.1 Å². The molecule has 0 radical (unpaired) electrons. The first-order valence-electron chi connectivity index (χ1n) is 10.5. The topological polar surface area (TPSA) is 59.0 Å². The molecule has 0 spiro atoms. The maximum Gasteiger partial charge on any atom is 0.227 e. The number of hydrogen-bond donors (Lipinski definition) is 1. The molecule has 1 aliphatic rings. The predicted octanol–water partition coefficient (Wildman–Crippen LogP) is 5.26. The van der Waals surface area contributed by atoms with Crippen LogP contribution in [-0.2, 0) is 16.0 Å². The van der Waals surface area contributed by atoms with Gasteiger partial charge in [0.1, 0.15) is 17.2 Å². The largest absolute Gasteiger partial charge is 0.508 e. The number of morpholine rings is 1. The third kappa shape index (κ3) is 7.42. The molecule has 29 heavy (non-hydrogen) atoms. The first-order valence-corrected chi connectivity index (χ1v) is 10.5. The van der Waals surface area contributed by atoms with Gasteiger partial charge in [0.15, 0.2) is 0 Å². The van der Waals surface area contributed by atoms with Crippen LogP contribution in [0.3, 0.4) is 0 Å². The lowest BCUT2D eigenvalue weighted by molar-refractivity contribution is -0.134. The van der Waals surface area contributed by atoms with Gasteiger partial charge in [-0.1, -0.05) is 39.8 Å². The van der Waals surface area contributed by atoms with Crippen LogP contribution in [0.25, 0.3) is 0 Å². The fourth-order valence-electron chi connectivity index (χ4n) is 3.03. The van der Waals surface area contributed by atoms with Crippen LogP contribution in [0.2, 0.25) is 0 Å². The minimum atomic E-state index is 0.134. The Morgan fingerprint density at radius 1 is 1.00 bits per heavy atom. The molecular formula is C24H35NO4. The number of amides is 1. The van der Waals surface area contributed by atoms with Gasteiger partial charge >= 0.3 is 0 Å². The number of hydrogen-bond acceptors (Lipinski definition) is 4. The van der Waals surface area contributed by atoms with Crippen LogP contribution in [0, 0.1) is 13.8 Å². The van der Waals surface area contributed by atoms with Crippen LogP contribution in [0.1, 0.15) is 44.4 Å². The van der Waals surface area contributed by atoms with E-state index >= 15 is 0 Å². The summed E-state index contributed by atoms with van der Waals surface area (Å²) >= 11 is 0. The van der Waals surface area contributed by atoms with E-state index in [9.17, 15) is 9.90 Å². The van der Waals surface area contributed by atoms with E-state index in [1.807, 2.05) is 58.6 Å². The van der Waals surface area contributed by atoms with Crippen LogP contribution < -0.4 is 4.74 Å². The van der Waals surface area contributed by atoms with Crippen molar-refractivity contribution in [2.75, 3.05) is 26.3 Å². The third-order valence-electron chi connectivity index (χ3n) is 4.30. The zero-order valence-corrected chi connectivity index (χ0v) is 18.6. The average molecular weight is 402 g/mol. The highest BCUT2D eigenvalue weighted by molar-refractivity contribution is 5.79. The van der Waals surface area contributed by atoms with E-state index in [1.54, 1.807) is 24.3 Å². The molecule has 1 N–H and O–H groups in total. The summed E-state index contributed by atoms with van der Waals surface area (Å²) in [5.74, 6) is 1.79. The highest BCUT2D eigenvalue weighted by atomic mass is 16.5. The van der Waals surface area contributed by atoms with Gasteiger partial charge in [-0.05, 0) is 54.8 Å². The van der Waals surface area contributed by atoms with E-state index in [1.165, 1.54) is 0 Å². The Hall–Kier alpha value is -2.53. The van der Waals surface area contributed by atoms with Gasteiger partial charge in [-0.2, -0.15) is 0 Å². The number of rotatable bonds is 4. The SMILES string of the molecule is CC.CC.Cc1cc(CC(=O)N2CCOCC2)cc(C)c1Oc1ccc(O)cc1. The first kappa shape index (κ1) is 24.5. The number of aryl methyl sites for hydroxylation is 2.